The van der Waals surface area contributed by atoms with Gasteiger partial charge in [0.05, 0.1) is 6.61 Å². The summed E-state index contributed by atoms with van der Waals surface area (Å²) < 4.78 is 31.4. The molecule has 0 saturated carbocycles. The van der Waals surface area contributed by atoms with Gasteiger partial charge in [-0.25, -0.2) is 8.78 Å². The van der Waals surface area contributed by atoms with Crippen LogP contribution in [-0.2, 0) is 0 Å². The lowest BCUT2D eigenvalue weighted by Crippen LogP contribution is -2.15. The maximum absolute atomic E-state index is 12.8. The van der Waals surface area contributed by atoms with Crippen molar-refractivity contribution in [2.75, 3.05) is 13.7 Å². The van der Waals surface area contributed by atoms with Gasteiger partial charge in [0, 0.05) is 29.6 Å². The van der Waals surface area contributed by atoms with E-state index >= 15 is 0 Å². The fourth-order valence-corrected chi connectivity index (χ4v) is 2.15. The number of fused-ring (bicyclic) bond motifs is 1. The third-order valence-corrected chi connectivity index (χ3v) is 4.01. The molecule has 0 spiro atoms. The van der Waals surface area contributed by atoms with Crippen molar-refractivity contribution in [3.05, 3.63) is 36.0 Å². The second kappa shape index (κ2) is 10.9. The summed E-state index contributed by atoms with van der Waals surface area (Å²) in [5.41, 5.74) is 1.17. The number of aldehydes is 1. The Bertz CT molecular complexity index is 715. The molecule has 1 N–H and O–H groups in total. The summed E-state index contributed by atoms with van der Waals surface area (Å²) in [5.74, 6) is -2.01. The van der Waals surface area contributed by atoms with Crippen LogP contribution >= 0.6 is 0 Å². The second-order valence-electron chi connectivity index (χ2n) is 7.18. The number of pyridine rings is 1. The molecule has 1 atom stereocenters. The number of alkyl halides is 2. The number of carbonyl (C=O) groups is 1. The highest BCUT2D eigenvalue weighted by molar-refractivity contribution is 5.89. The molecule has 0 amide bonds. The highest BCUT2D eigenvalue weighted by Gasteiger charge is 2.21. The summed E-state index contributed by atoms with van der Waals surface area (Å²) in [6.45, 7) is 7.39. The van der Waals surface area contributed by atoms with Crippen molar-refractivity contribution in [2.45, 2.75) is 52.5 Å². The van der Waals surface area contributed by atoms with E-state index in [0.29, 0.717) is 35.9 Å². The average Bonchev–Trinajstić information content (AvgIpc) is 2.63. The summed E-state index contributed by atoms with van der Waals surface area (Å²) in [4.78, 5) is 15.0. The Kier molecular flexibility index (Phi) is 9.29. The Balaban J connectivity index is 0.000000646. The Labute approximate surface area is 160 Å². The lowest BCUT2D eigenvalue weighted by molar-refractivity contribution is 0.00558. The quantitative estimate of drug-likeness (QED) is 0.647. The predicted molar refractivity (Wildman–Crippen MR) is 106 cm³/mol. The van der Waals surface area contributed by atoms with Gasteiger partial charge in [0.25, 0.3) is 0 Å². The normalized spacial score (nSPS) is 12.4. The van der Waals surface area contributed by atoms with Gasteiger partial charge >= 0.3 is 0 Å². The molecule has 0 saturated heterocycles. The Morgan fingerprint density at radius 3 is 2.52 bits per heavy atom. The van der Waals surface area contributed by atoms with Crippen LogP contribution in [0.3, 0.4) is 0 Å². The SMILES string of the molecule is CC(CCC(C)(F)F)COc1cccc2cc(C=O)cnc12.CNC(C)C. The molecular weight excluding hydrogens is 350 g/mol. The van der Waals surface area contributed by atoms with E-state index in [-0.39, 0.29) is 12.3 Å². The first kappa shape index (κ1) is 23.0. The predicted octanol–water partition coefficient (Wildman–Crippen LogP) is 5.11. The van der Waals surface area contributed by atoms with Crippen LogP contribution < -0.4 is 10.1 Å². The third-order valence-electron chi connectivity index (χ3n) is 4.01. The first-order chi connectivity index (χ1) is 12.7. The van der Waals surface area contributed by atoms with E-state index < -0.39 is 5.92 Å². The topological polar surface area (TPSA) is 51.2 Å². The van der Waals surface area contributed by atoms with Gasteiger partial charge in [-0.1, -0.05) is 32.9 Å². The molecule has 0 aliphatic heterocycles. The summed E-state index contributed by atoms with van der Waals surface area (Å²) in [5, 5.41) is 3.84. The summed E-state index contributed by atoms with van der Waals surface area (Å²) in [7, 11) is 1.95. The monoisotopic (exact) mass is 380 g/mol. The van der Waals surface area contributed by atoms with E-state index in [1.807, 2.05) is 26.1 Å². The summed E-state index contributed by atoms with van der Waals surface area (Å²) in [6.07, 6.45) is 2.49. The fraction of sp³-hybridized carbons (Fsp3) is 0.524. The standard InChI is InChI=1S/C17H19F2NO2.C4H11N/c1-12(6-7-17(2,18)19)11-22-15-5-3-4-14-8-13(10-21)9-20-16(14)15;1-4(2)5-3/h3-5,8-10,12H,6-7,11H2,1-2H3;4-5H,1-3H3. The Morgan fingerprint density at radius 1 is 1.30 bits per heavy atom. The van der Waals surface area contributed by atoms with Crippen molar-refractivity contribution in [3.63, 3.8) is 0 Å². The third kappa shape index (κ3) is 8.91. The van der Waals surface area contributed by atoms with E-state index in [1.165, 1.54) is 6.20 Å². The largest absolute Gasteiger partial charge is 0.491 e. The van der Waals surface area contributed by atoms with Crippen LogP contribution in [0.15, 0.2) is 30.5 Å². The molecule has 0 aliphatic rings. The molecule has 0 radical (unpaired) electrons. The van der Waals surface area contributed by atoms with E-state index in [0.717, 1.165) is 18.6 Å². The zero-order chi connectivity index (χ0) is 20.4. The molecule has 1 unspecified atom stereocenters. The number of ether oxygens (including phenoxy) is 1. The molecule has 6 heteroatoms. The molecule has 1 heterocycles. The van der Waals surface area contributed by atoms with Gasteiger partial charge in [-0.2, -0.15) is 0 Å². The van der Waals surface area contributed by atoms with Crippen LogP contribution in [0.25, 0.3) is 10.9 Å². The minimum absolute atomic E-state index is 0.0235. The minimum atomic E-state index is -2.64. The zero-order valence-electron chi connectivity index (χ0n) is 16.8. The van der Waals surface area contributed by atoms with E-state index in [9.17, 15) is 13.6 Å². The lowest BCUT2D eigenvalue weighted by atomic mass is 10.0. The number of benzene rings is 1. The van der Waals surface area contributed by atoms with Gasteiger partial charge in [0.2, 0.25) is 5.92 Å². The second-order valence-corrected chi connectivity index (χ2v) is 7.18. The number of aromatic nitrogens is 1. The number of halogens is 2. The molecule has 0 fully saturated rings. The van der Waals surface area contributed by atoms with Crippen LogP contribution in [0.1, 0.15) is 50.9 Å². The number of nitrogens with zero attached hydrogens (tertiary/aromatic N) is 1. The molecule has 4 nitrogen and oxygen atoms in total. The van der Waals surface area contributed by atoms with Crippen LogP contribution in [-0.4, -0.2) is 36.9 Å². The van der Waals surface area contributed by atoms with Gasteiger partial charge in [-0.3, -0.25) is 9.78 Å². The van der Waals surface area contributed by atoms with Crippen LogP contribution in [0.4, 0.5) is 8.78 Å². The first-order valence-electron chi connectivity index (χ1n) is 9.18. The van der Waals surface area contributed by atoms with Gasteiger partial charge in [-0.15, -0.1) is 0 Å². The van der Waals surface area contributed by atoms with E-state index in [2.05, 4.69) is 24.1 Å². The van der Waals surface area contributed by atoms with Crippen LogP contribution in [0, 0.1) is 5.92 Å². The van der Waals surface area contributed by atoms with Crippen molar-refractivity contribution in [2.24, 2.45) is 5.92 Å². The number of para-hydroxylation sites is 1. The van der Waals surface area contributed by atoms with Gasteiger partial charge in [0.1, 0.15) is 11.3 Å². The van der Waals surface area contributed by atoms with Crippen molar-refractivity contribution >= 4 is 17.2 Å². The zero-order valence-corrected chi connectivity index (χ0v) is 16.8. The summed E-state index contributed by atoms with van der Waals surface area (Å²) >= 11 is 0. The maximum atomic E-state index is 12.8. The number of hydrogen-bond acceptors (Lipinski definition) is 4. The number of carbonyl (C=O) groups excluding carboxylic acids is 1. The molecule has 150 valence electrons. The van der Waals surface area contributed by atoms with Crippen molar-refractivity contribution in [1.29, 1.82) is 0 Å². The Morgan fingerprint density at radius 2 is 1.96 bits per heavy atom. The minimum Gasteiger partial charge on any atom is -0.491 e. The molecule has 1 aromatic heterocycles. The molecule has 0 bridgehead atoms. The maximum Gasteiger partial charge on any atom is 0.245 e. The number of nitrogens with one attached hydrogen (secondary N) is 1. The molecular formula is C21H30F2N2O2. The molecule has 27 heavy (non-hydrogen) atoms. The Hall–Kier alpha value is -2.08. The van der Waals surface area contributed by atoms with Crippen molar-refractivity contribution in [1.82, 2.24) is 10.3 Å². The molecule has 2 rings (SSSR count). The van der Waals surface area contributed by atoms with Crippen LogP contribution in [0.2, 0.25) is 0 Å². The number of hydrogen-bond donors (Lipinski definition) is 1. The lowest BCUT2D eigenvalue weighted by Gasteiger charge is -2.16. The summed E-state index contributed by atoms with van der Waals surface area (Å²) in [6, 6.07) is 7.83. The highest BCUT2D eigenvalue weighted by atomic mass is 19.3. The molecule has 0 aliphatic carbocycles. The van der Waals surface area contributed by atoms with Crippen molar-refractivity contribution in [3.8, 4) is 5.75 Å². The van der Waals surface area contributed by atoms with Gasteiger partial charge < -0.3 is 10.1 Å². The van der Waals surface area contributed by atoms with E-state index in [1.54, 1.807) is 12.1 Å². The molecule has 2 aromatic rings. The average molecular weight is 380 g/mol. The smallest absolute Gasteiger partial charge is 0.245 e. The van der Waals surface area contributed by atoms with Gasteiger partial charge in [-0.05, 0) is 38.4 Å². The van der Waals surface area contributed by atoms with Crippen molar-refractivity contribution < 1.29 is 18.3 Å². The number of rotatable bonds is 8. The van der Waals surface area contributed by atoms with Gasteiger partial charge in [0.15, 0.2) is 6.29 Å². The highest BCUT2D eigenvalue weighted by Crippen LogP contribution is 2.26. The molecule has 1 aromatic carbocycles. The first-order valence-corrected chi connectivity index (χ1v) is 9.18. The van der Waals surface area contributed by atoms with Crippen LogP contribution in [0.5, 0.6) is 5.75 Å². The van der Waals surface area contributed by atoms with E-state index in [4.69, 9.17) is 4.74 Å². The fourth-order valence-electron chi connectivity index (χ4n) is 2.15.